The van der Waals surface area contributed by atoms with Crippen LogP contribution in [0.1, 0.15) is 43.0 Å². The highest BCUT2D eigenvalue weighted by Crippen LogP contribution is 2.32. The number of hydrogen-bond acceptors (Lipinski definition) is 2. The molecule has 1 aliphatic rings. The standard InChI is InChI=1S/C16H21ClN2O2/c1-11(12-4-5-12)19-15(20)3-2-10-18-16(21)13-6-8-14(17)9-7-13/h6-9,11-12H,2-5,10H2,1H3,(H,18,21)(H,19,20). The Labute approximate surface area is 130 Å². The quantitative estimate of drug-likeness (QED) is 0.761. The zero-order valence-electron chi connectivity index (χ0n) is 12.2. The van der Waals surface area contributed by atoms with Crippen LogP contribution in [0.5, 0.6) is 0 Å². The van der Waals surface area contributed by atoms with Gasteiger partial charge in [0.15, 0.2) is 0 Å². The second-order valence-electron chi connectivity index (χ2n) is 5.56. The molecule has 21 heavy (non-hydrogen) atoms. The van der Waals surface area contributed by atoms with E-state index >= 15 is 0 Å². The van der Waals surface area contributed by atoms with Gasteiger partial charge in [-0.25, -0.2) is 0 Å². The summed E-state index contributed by atoms with van der Waals surface area (Å²) in [4.78, 5) is 23.5. The number of carbonyl (C=O) groups excluding carboxylic acids is 2. The van der Waals surface area contributed by atoms with Crippen molar-refractivity contribution in [2.45, 2.75) is 38.6 Å². The van der Waals surface area contributed by atoms with E-state index in [9.17, 15) is 9.59 Å². The number of halogens is 1. The molecule has 1 aromatic carbocycles. The van der Waals surface area contributed by atoms with E-state index < -0.39 is 0 Å². The Kier molecular flexibility index (Phi) is 5.62. The third kappa shape index (κ3) is 5.38. The van der Waals surface area contributed by atoms with Gasteiger partial charge in [-0.2, -0.15) is 0 Å². The van der Waals surface area contributed by atoms with E-state index in [0.29, 0.717) is 35.9 Å². The summed E-state index contributed by atoms with van der Waals surface area (Å²) >= 11 is 5.77. The van der Waals surface area contributed by atoms with Gasteiger partial charge in [0.05, 0.1) is 0 Å². The third-order valence-electron chi connectivity index (χ3n) is 3.69. The molecule has 5 heteroatoms. The van der Waals surface area contributed by atoms with E-state index in [2.05, 4.69) is 17.6 Å². The van der Waals surface area contributed by atoms with Crippen LogP contribution >= 0.6 is 11.6 Å². The molecular weight excluding hydrogens is 288 g/mol. The summed E-state index contributed by atoms with van der Waals surface area (Å²) in [5.41, 5.74) is 0.575. The molecule has 1 fully saturated rings. The van der Waals surface area contributed by atoms with Crippen molar-refractivity contribution in [2.75, 3.05) is 6.54 Å². The SMILES string of the molecule is CC(NC(=O)CCCNC(=O)c1ccc(Cl)cc1)C1CC1. The maximum absolute atomic E-state index is 11.8. The largest absolute Gasteiger partial charge is 0.353 e. The van der Waals surface area contributed by atoms with Crippen LogP contribution in [0.3, 0.4) is 0 Å². The fraction of sp³-hybridized carbons (Fsp3) is 0.500. The molecule has 0 aliphatic heterocycles. The lowest BCUT2D eigenvalue weighted by Crippen LogP contribution is -2.34. The maximum atomic E-state index is 11.8. The summed E-state index contributed by atoms with van der Waals surface area (Å²) in [7, 11) is 0. The average Bonchev–Trinajstić information content (AvgIpc) is 3.28. The lowest BCUT2D eigenvalue weighted by molar-refractivity contribution is -0.121. The maximum Gasteiger partial charge on any atom is 0.251 e. The molecule has 0 heterocycles. The van der Waals surface area contributed by atoms with Crippen LogP contribution in [-0.4, -0.2) is 24.4 Å². The number of nitrogens with one attached hydrogen (secondary N) is 2. The first-order valence-electron chi connectivity index (χ1n) is 7.39. The zero-order valence-corrected chi connectivity index (χ0v) is 13.0. The highest BCUT2D eigenvalue weighted by molar-refractivity contribution is 6.30. The highest BCUT2D eigenvalue weighted by atomic mass is 35.5. The summed E-state index contributed by atoms with van der Waals surface area (Å²) in [6.07, 6.45) is 3.53. The first kappa shape index (κ1) is 15.8. The van der Waals surface area contributed by atoms with Gasteiger partial charge in [0.1, 0.15) is 0 Å². The topological polar surface area (TPSA) is 58.2 Å². The van der Waals surface area contributed by atoms with Crippen molar-refractivity contribution in [3.63, 3.8) is 0 Å². The second-order valence-corrected chi connectivity index (χ2v) is 6.00. The van der Waals surface area contributed by atoms with Crippen LogP contribution in [0.2, 0.25) is 5.02 Å². The van der Waals surface area contributed by atoms with E-state index in [0.717, 1.165) is 0 Å². The summed E-state index contributed by atoms with van der Waals surface area (Å²) in [6.45, 7) is 2.55. The van der Waals surface area contributed by atoms with Gasteiger partial charge < -0.3 is 10.6 Å². The number of benzene rings is 1. The van der Waals surface area contributed by atoms with Gasteiger partial charge in [-0.3, -0.25) is 9.59 Å². The molecule has 0 bridgehead atoms. The Bertz CT molecular complexity index is 498. The van der Waals surface area contributed by atoms with Crippen molar-refractivity contribution < 1.29 is 9.59 Å². The lowest BCUT2D eigenvalue weighted by atomic mass is 10.2. The fourth-order valence-electron chi connectivity index (χ4n) is 2.19. The third-order valence-corrected chi connectivity index (χ3v) is 3.94. The molecule has 0 saturated heterocycles. The van der Waals surface area contributed by atoms with Crippen LogP contribution in [-0.2, 0) is 4.79 Å². The molecule has 1 unspecified atom stereocenters. The minimum absolute atomic E-state index is 0.0649. The number of carbonyl (C=O) groups is 2. The summed E-state index contributed by atoms with van der Waals surface area (Å²) in [5, 5.41) is 6.41. The minimum atomic E-state index is -0.140. The Morgan fingerprint density at radius 3 is 2.57 bits per heavy atom. The van der Waals surface area contributed by atoms with Crippen LogP contribution in [0.4, 0.5) is 0 Å². The number of amides is 2. The van der Waals surface area contributed by atoms with Crippen molar-refractivity contribution in [3.8, 4) is 0 Å². The normalized spacial score (nSPS) is 15.3. The van der Waals surface area contributed by atoms with E-state index in [1.807, 2.05) is 0 Å². The fourth-order valence-corrected chi connectivity index (χ4v) is 2.32. The molecule has 2 N–H and O–H groups in total. The predicted molar refractivity (Wildman–Crippen MR) is 83.3 cm³/mol. The molecule has 0 radical (unpaired) electrons. The van der Waals surface area contributed by atoms with Crippen molar-refractivity contribution in [3.05, 3.63) is 34.9 Å². The van der Waals surface area contributed by atoms with Crippen LogP contribution < -0.4 is 10.6 Å². The van der Waals surface area contributed by atoms with Gasteiger partial charge >= 0.3 is 0 Å². The Morgan fingerprint density at radius 2 is 1.95 bits per heavy atom. The predicted octanol–water partition coefficient (Wildman–Crippen LogP) is 2.76. The Hall–Kier alpha value is -1.55. The monoisotopic (exact) mass is 308 g/mol. The Morgan fingerprint density at radius 1 is 1.29 bits per heavy atom. The first-order valence-corrected chi connectivity index (χ1v) is 7.77. The molecule has 1 atom stereocenters. The van der Waals surface area contributed by atoms with E-state index in [1.165, 1.54) is 12.8 Å². The van der Waals surface area contributed by atoms with Gasteiger partial charge in [0, 0.05) is 29.6 Å². The summed E-state index contributed by atoms with van der Waals surface area (Å²) in [6, 6.07) is 7.01. The van der Waals surface area contributed by atoms with Crippen LogP contribution in [0.25, 0.3) is 0 Å². The molecule has 2 amide bonds. The smallest absolute Gasteiger partial charge is 0.251 e. The molecule has 114 valence electrons. The van der Waals surface area contributed by atoms with Gasteiger partial charge in [0.2, 0.25) is 5.91 Å². The summed E-state index contributed by atoms with van der Waals surface area (Å²) < 4.78 is 0. The van der Waals surface area contributed by atoms with Gasteiger partial charge in [-0.05, 0) is 56.4 Å². The molecule has 0 aromatic heterocycles. The van der Waals surface area contributed by atoms with E-state index in [4.69, 9.17) is 11.6 Å². The van der Waals surface area contributed by atoms with Crippen molar-refractivity contribution in [2.24, 2.45) is 5.92 Å². The number of hydrogen-bond donors (Lipinski definition) is 2. The molecular formula is C16H21ClN2O2. The van der Waals surface area contributed by atoms with Gasteiger partial charge in [-0.1, -0.05) is 11.6 Å². The van der Waals surface area contributed by atoms with E-state index in [-0.39, 0.29) is 17.9 Å². The highest BCUT2D eigenvalue weighted by Gasteiger charge is 2.28. The first-order chi connectivity index (χ1) is 10.1. The molecule has 0 spiro atoms. The molecule has 2 rings (SSSR count). The summed E-state index contributed by atoms with van der Waals surface area (Å²) in [5.74, 6) is 0.590. The second kappa shape index (κ2) is 7.46. The van der Waals surface area contributed by atoms with Gasteiger partial charge in [0.25, 0.3) is 5.91 Å². The van der Waals surface area contributed by atoms with E-state index in [1.54, 1.807) is 24.3 Å². The van der Waals surface area contributed by atoms with Crippen molar-refractivity contribution in [1.29, 1.82) is 0 Å². The minimum Gasteiger partial charge on any atom is -0.353 e. The van der Waals surface area contributed by atoms with Crippen molar-refractivity contribution in [1.82, 2.24) is 10.6 Å². The Balaban J connectivity index is 1.61. The average molecular weight is 309 g/mol. The van der Waals surface area contributed by atoms with Crippen molar-refractivity contribution >= 4 is 23.4 Å². The van der Waals surface area contributed by atoms with Crippen LogP contribution in [0.15, 0.2) is 24.3 Å². The molecule has 1 aliphatic carbocycles. The molecule has 1 aromatic rings. The van der Waals surface area contributed by atoms with Crippen LogP contribution in [0, 0.1) is 5.92 Å². The molecule has 1 saturated carbocycles. The lowest BCUT2D eigenvalue weighted by Gasteiger charge is -2.12. The van der Waals surface area contributed by atoms with Gasteiger partial charge in [-0.15, -0.1) is 0 Å². The zero-order chi connectivity index (χ0) is 15.2. The molecule has 4 nitrogen and oxygen atoms in total. The number of rotatable bonds is 7.